The Hall–Kier alpha value is 0.730. The summed E-state index contributed by atoms with van der Waals surface area (Å²) in [5.74, 6) is 3.28. The molecule has 0 saturated heterocycles. The van der Waals surface area contributed by atoms with E-state index in [1.165, 1.54) is 44.9 Å². The highest BCUT2D eigenvalue weighted by Crippen LogP contribution is 2.41. The lowest BCUT2D eigenvalue weighted by Crippen LogP contribution is -2.25. The van der Waals surface area contributed by atoms with E-state index in [-0.39, 0.29) is 0 Å². The van der Waals surface area contributed by atoms with E-state index < -0.39 is 0 Å². The fourth-order valence-corrected chi connectivity index (χ4v) is 4.34. The van der Waals surface area contributed by atoms with Crippen molar-refractivity contribution in [2.24, 2.45) is 17.8 Å². The molecule has 0 unspecified atom stereocenters. The van der Waals surface area contributed by atoms with Crippen LogP contribution in [0.5, 0.6) is 0 Å². The number of alkyl halides is 1. The fraction of sp³-hybridized carbons (Fsp3) is 1.00. The maximum absolute atomic E-state index is 2.65. The zero-order valence-electron chi connectivity index (χ0n) is 10.1. The van der Waals surface area contributed by atoms with Crippen molar-refractivity contribution in [2.75, 3.05) is 0 Å². The monoisotopic (exact) mass is 320 g/mol. The third-order valence-electron chi connectivity index (χ3n) is 4.84. The Kier molecular flexibility index (Phi) is 4.78. The Bertz CT molecular complexity index is 174. The fourth-order valence-electron chi connectivity index (χ4n) is 3.62. The van der Waals surface area contributed by atoms with E-state index in [1.807, 2.05) is 0 Å². The van der Waals surface area contributed by atoms with Crippen LogP contribution in [0.15, 0.2) is 0 Å². The van der Waals surface area contributed by atoms with Crippen LogP contribution in [0.4, 0.5) is 0 Å². The van der Waals surface area contributed by atoms with Crippen molar-refractivity contribution in [3.63, 3.8) is 0 Å². The summed E-state index contributed by atoms with van der Waals surface area (Å²) in [6, 6.07) is 0. The standard InChI is InChI=1S/C14H25I/c1-2-11-3-5-12(6-4-11)13-7-9-14(15)10-8-13/h11-14H,2-10H2,1H3. The average molecular weight is 320 g/mol. The van der Waals surface area contributed by atoms with Gasteiger partial charge in [0.25, 0.3) is 0 Å². The molecule has 0 heterocycles. The quantitative estimate of drug-likeness (QED) is 0.485. The summed E-state index contributed by atoms with van der Waals surface area (Å²) in [7, 11) is 0. The molecule has 2 saturated carbocycles. The summed E-state index contributed by atoms with van der Waals surface area (Å²) in [6.45, 7) is 2.37. The molecule has 0 nitrogen and oxygen atoms in total. The molecule has 2 aliphatic rings. The van der Waals surface area contributed by atoms with E-state index >= 15 is 0 Å². The molecular formula is C14H25I. The summed E-state index contributed by atoms with van der Waals surface area (Å²) in [5, 5.41) is 0. The molecule has 88 valence electrons. The highest BCUT2D eigenvalue weighted by atomic mass is 127. The van der Waals surface area contributed by atoms with Gasteiger partial charge in [0.15, 0.2) is 0 Å². The van der Waals surface area contributed by atoms with Crippen molar-refractivity contribution in [2.45, 2.75) is 68.6 Å². The molecule has 0 atom stereocenters. The van der Waals surface area contributed by atoms with Gasteiger partial charge in [-0.1, -0.05) is 48.8 Å². The molecule has 2 aliphatic carbocycles. The predicted molar refractivity (Wildman–Crippen MR) is 75.5 cm³/mol. The maximum Gasteiger partial charge on any atom is 0.0110 e. The minimum absolute atomic E-state index is 0.992. The molecule has 0 radical (unpaired) electrons. The molecule has 2 fully saturated rings. The minimum atomic E-state index is 0.992. The van der Waals surface area contributed by atoms with E-state index in [2.05, 4.69) is 29.5 Å². The van der Waals surface area contributed by atoms with Crippen molar-refractivity contribution in [3.8, 4) is 0 Å². The lowest BCUT2D eigenvalue weighted by Gasteiger charge is -2.36. The number of hydrogen-bond donors (Lipinski definition) is 0. The van der Waals surface area contributed by atoms with Crippen molar-refractivity contribution < 1.29 is 0 Å². The second-order valence-electron chi connectivity index (χ2n) is 5.70. The molecule has 0 amide bonds. The van der Waals surface area contributed by atoms with E-state index in [9.17, 15) is 0 Å². The third-order valence-corrected chi connectivity index (χ3v) is 6.08. The first-order valence-electron chi connectivity index (χ1n) is 6.93. The summed E-state index contributed by atoms with van der Waals surface area (Å²) < 4.78 is 0.992. The van der Waals surface area contributed by atoms with Crippen LogP contribution in [0, 0.1) is 17.8 Å². The molecule has 0 aromatic heterocycles. The number of hydrogen-bond acceptors (Lipinski definition) is 0. The van der Waals surface area contributed by atoms with Crippen LogP contribution in [-0.2, 0) is 0 Å². The van der Waals surface area contributed by atoms with Gasteiger partial charge in [0, 0.05) is 3.92 Å². The Morgan fingerprint density at radius 3 is 1.73 bits per heavy atom. The van der Waals surface area contributed by atoms with Gasteiger partial charge in [0.2, 0.25) is 0 Å². The molecule has 2 rings (SSSR count). The summed E-state index contributed by atoms with van der Waals surface area (Å²) >= 11 is 2.65. The number of rotatable bonds is 2. The minimum Gasteiger partial charge on any atom is -0.0826 e. The van der Waals surface area contributed by atoms with Gasteiger partial charge in [0.05, 0.1) is 0 Å². The number of halogens is 1. The molecule has 0 spiro atoms. The van der Waals surface area contributed by atoms with E-state index in [1.54, 1.807) is 12.8 Å². The van der Waals surface area contributed by atoms with Crippen molar-refractivity contribution in [3.05, 3.63) is 0 Å². The van der Waals surface area contributed by atoms with Gasteiger partial charge in [0.1, 0.15) is 0 Å². The Morgan fingerprint density at radius 1 is 0.800 bits per heavy atom. The van der Waals surface area contributed by atoms with E-state index in [4.69, 9.17) is 0 Å². The molecule has 0 aromatic rings. The molecule has 1 heteroatoms. The molecule has 0 aromatic carbocycles. The highest BCUT2D eigenvalue weighted by molar-refractivity contribution is 14.1. The van der Waals surface area contributed by atoms with Crippen LogP contribution in [0.1, 0.15) is 64.7 Å². The van der Waals surface area contributed by atoms with Crippen molar-refractivity contribution in [1.82, 2.24) is 0 Å². The van der Waals surface area contributed by atoms with E-state index in [0.29, 0.717) is 0 Å². The highest BCUT2D eigenvalue weighted by Gasteiger charge is 2.29. The van der Waals surface area contributed by atoms with Crippen LogP contribution in [-0.4, -0.2) is 3.92 Å². The second kappa shape index (κ2) is 5.88. The molecule has 15 heavy (non-hydrogen) atoms. The maximum atomic E-state index is 2.65. The van der Waals surface area contributed by atoms with Crippen LogP contribution in [0.25, 0.3) is 0 Å². The first-order valence-corrected chi connectivity index (χ1v) is 8.18. The van der Waals surface area contributed by atoms with Crippen molar-refractivity contribution in [1.29, 1.82) is 0 Å². The van der Waals surface area contributed by atoms with Crippen LogP contribution in [0.2, 0.25) is 0 Å². The first kappa shape index (κ1) is 12.2. The van der Waals surface area contributed by atoms with Crippen LogP contribution < -0.4 is 0 Å². The Labute approximate surface area is 109 Å². The normalized spacial score (nSPS) is 42.8. The van der Waals surface area contributed by atoms with Gasteiger partial charge in [-0.2, -0.15) is 0 Å². The topological polar surface area (TPSA) is 0 Å². The smallest absolute Gasteiger partial charge is 0.0110 e. The zero-order valence-corrected chi connectivity index (χ0v) is 12.2. The summed E-state index contributed by atoms with van der Waals surface area (Å²) in [5.41, 5.74) is 0. The van der Waals surface area contributed by atoms with Gasteiger partial charge < -0.3 is 0 Å². The summed E-state index contributed by atoms with van der Waals surface area (Å²) in [4.78, 5) is 0. The summed E-state index contributed by atoms with van der Waals surface area (Å²) in [6.07, 6.45) is 13.7. The molecular weight excluding hydrogens is 295 g/mol. The van der Waals surface area contributed by atoms with Gasteiger partial charge in [-0.25, -0.2) is 0 Å². The molecule has 0 bridgehead atoms. The van der Waals surface area contributed by atoms with Gasteiger partial charge in [-0.15, -0.1) is 0 Å². The lowest BCUT2D eigenvalue weighted by atomic mass is 9.70. The molecule has 0 aliphatic heterocycles. The first-order chi connectivity index (χ1) is 7.29. The third kappa shape index (κ3) is 3.34. The molecule has 0 N–H and O–H groups in total. The predicted octanol–water partition coefficient (Wildman–Crippen LogP) is 5.20. The van der Waals surface area contributed by atoms with Crippen LogP contribution in [0.3, 0.4) is 0 Å². The average Bonchev–Trinajstić information content (AvgIpc) is 2.30. The Balaban J connectivity index is 1.75. The Morgan fingerprint density at radius 2 is 1.27 bits per heavy atom. The van der Waals surface area contributed by atoms with E-state index in [0.717, 1.165) is 21.7 Å². The van der Waals surface area contributed by atoms with Crippen molar-refractivity contribution >= 4 is 22.6 Å². The lowest BCUT2D eigenvalue weighted by molar-refractivity contribution is 0.168. The van der Waals surface area contributed by atoms with Gasteiger partial charge >= 0.3 is 0 Å². The SMILES string of the molecule is CCC1CCC(C2CCC(I)CC2)CC1. The zero-order chi connectivity index (χ0) is 10.7. The van der Waals surface area contributed by atoms with Gasteiger partial charge in [-0.05, 0) is 56.3 Å². The van der Waals surface area contributed by atoms with Crippen LogP contribution >= 0.6 is 22.6 Å². The van der Waals surface area contributed by atoms with Gasteiger partial charge in [-0.3, -0.25) is 0 Å². The largest absolute Gasteiger partial charge is 0.0826 e. The second-order valence-corrected chi connectivity index (χ2v) is 7.46.